The first kappa shape index (κ1) is 56.8. The Morgan fingerprint density at radius 3 is 1.26 bits per heavy atom. The van der Waals surface area contributed by atoms with Gasteiger partial charge in [-0.25, -0.2) is 4.79 Å². The van der Waals surface area contributed by atoms with Crippen molar-refractivity contribution in [2.75, 3.05) is 0 Å². The van der Waals surface area contributed by atoms with Gasteiger partial charge in [-0.15, -0.1) is 45.3 Å². The zero-order valence-corrected chi connectivity index (χ0v) is 46.8. The summed E-state index contributed by atoms with van der Waals surface area (Å²) in [6.07, 6.45) is 1.31. The first-order chi connectivity index (χ1) is 30.6. The number of carbonyl (C=O) groups excluding carboxylic acids is 4. The average molecular weight is 1100 g/mol. The van der Waals surface area contributed by atoms with E-state index in [4.69, 9.17) is 10.5 Å². The van der Waals surface area contributed by atoms with E-state index in [1.165, 1.54) is 26.5 Å². The topological polar surface area (TPSA) is 116 Å². The number of Topliss-reactive ketones (excluding diaryl/α,β-unsaturated/α-hetero) is 3. The fourth-order valence-electron chi connectivity index (χ4n) is 5.80. The van der Waals surface area contributed by atoms with E-state index in [9.17, 15) is 19.2 Å². The molecule has 0 fully saturated rings. The van der Waals surface area contributed by atoms with Crippen LogP contribution in [0.15, 0.2) is 110 Å². The molecule has 0 aliphatic carbocycles. The lowest BCUT2D eigenvalue weighted by Gasteiger charge is -2.19. The second-order valence-electron chi connectivity index (χ2n) is 20.3. The quantitative estimate of drug-likeness (QED) is 0.125. The summed E-state index contributed by atoms with van der Waals surface area (Å²) in [5.41, 5.74) is 9.51. The van der Waals surface area contributed by atoms with Crippen molar-refractivity contribution in [3.05, 3.63) is 136 Å². The van der Waals surface area contributed by atoms with Gasteiger partial charge in [0.2, 0.25) is 0 Å². The van der Waals surface area contributed by atoms with Gasteiger partial charge in [0, 0.05) is 42.1 Å². The molecule has 0 saturated heterocycles. The number of nitrogens with one attached hydrogen (secondary N) is 1. The van der Waals surface area contributed by atoms with Gasteiger partial charge in [-0.3, -0.25) is 14.4 Å². The van der Waals surface area contributed by atoms with Crippen LogP contribution in [0.3, 0.4) is 0 Å². The summed E-state index contributed by atoms with van der Waals surface area (Å²) in [6.45, 7) is 25.2. The minimum absolute atomic E-state index is 0.00990. The van der Waals surface area contributed by atoms with Gasteiger partial charge in [-0.1, -0.05) is 117 Å². The second-order valence-corrected chi connectivity index (χ2v) is 27.2. The zero-order valence-electron chi connectivity index (χ0n) is 40.4. The molecule has 6 rings (SSSR count). The third kappa shape index (κ3) is 22.5. The van der Waals surface area contributed by atoms with Gasteiger partial charge in [0.25, 0.3) is 0 Å². The Kier molecular flexibility index (Phi) is 22.1. The fourth-order valence-corrected chi connectivity index (χ4v) is 9.94. The lowest BCUT2D eigenvalue weighted by atomic mass is 9.89. The van der Waals surface area contributed by atoms with Crippen molar-refractivity contribution in [2.45, 2.75) is 121 Å². The molecule has 0 aliphatic heterocycles. The number of amides is 1. The van der Waals surface area contributed by atoms with Crippen molar-refractivity contribution < 1.29 is 23.9 Å². The first-order valence-electron chi connectivity index (χ1n) is 21.7. The molecule has 7 nitrogen and oxygen atoms in total. The van der Waals surface area contributed by atoms with Crippen molar-refractivity contribution in [1.29, 1.82) is 0 Å². The summed E-state index contributed by atoms with van der Waals surface area (Å²) >= 11 is 12.9. The van der Waals surface area contributed by atoms with E-state index in [2.05, 4.69) is 112 Å². The molecule has 0 aliphatic rings. The minimum atomic E-state index is -0.505. The van der Waals surface area contributed by atoms with Gasteiger partial charge in [-0.2, -0.15) is 0 Å². The Morgan fingerprint density at radius 2 is 0.939 bits per heavy atom. The van der Waals surface area contributed by atoms with Crippen LogP contribution < -0.4 is 11.1 Å². The monoisotopic (exact) mass is 1100 g/mol. The third-order valence-electron chi connectivity index (χ3n) is 8.72. The van der Waals surface area contributed by atoms with Gasteiger partial charge < -0.3 is 15.8 Å². The number of rotatable bonds is 11. The van der Waals surface area contributed by atoms with Crippen molar-refractivity contribution in [2.24, 2.45) is 22.0 Å². The summed E-state index contributed by atoms with van der Waals surface area (Å²) in [5.74, 6) is 0.660. The Hall–Kier alpha value is -3.56. The van der Waals surface area contributed by atoms with Crippen LogP contribution in [0.2, 0.25) is 0 Å². The third-order valence-corrected chi connectivity index (χ3v) is 14.2. The smallest absolute Gasteiger partial charge is 0.407 e. The molecule has 4 aromatic heterocycles. The normalized spacial score (nSPS) is 11.5. The second kappa shape index (κ2) is 25.7. The van der Waals surface area contributed by atoms with E-state index in [1.54, 1.807) is 22.7 Å². The molecule has 0 radical (unpaired) electrons. The van der Waals surface area contributed by atoms with E-state index in [0.29, 0.717) is 32.4 Å². The van der Waals surface area contributed by atoms with Crippen molar-refractivity contribution in [1.82, 2.24) is 5.32 Å². The maximum atomic E-state index is 12.4. The standard InChI is InChI=1S/C22H29NO3S.C17H21NOS.C10H13BrOS.C4H3BrS/c1-21(2,3)13-17(24)19-12-11-18(27-19)16-9-7-15(8-10-16)14-23-20(25)26-22(4,5)6;1-17(2,3)10-14(19)16-9-8-15(20-16)13-6-4-12(11-18)5-7-13;1-10(2,3)6-7(12)8-4-5-9(11)13-8;5-4-2-1-3-6-4/h7-12H,13-14H2,1-6H3,(H,23,25);4-9H,10-11,18H2,1-3H3;4-5H,6H2,1-3H3;1-3H. The Bertz CT molecular complexity index is 2440. The van der Waals surface area contributed by atoms with Crippen LogP contribution in [0, 0.1) is 16.2 Å². The predicted molar refractivity (Wildman–Crippen MR) is 290 cm³/mol. The van der Waals surface area contributed by atoms with E-state index >= 15 is 0 Å². The molecule has 1 amide bonds. The van der Waals surface area contributed by atoms with Crippen LogP contribution >= 0.6 is 77.2 Å². The molecule has 356 valence electrons. The largest absolute Gasteiger partial charge is 0.444 e. The fraction of sp³-hybridized carbons (Fsp3) is 0.396. The SMILES string of the molecule is Brc1cccs1.CC(C)(C)CC(=O)c1ccc(-c2ccc(CN)cc2)s1.CC(C)(C)CC(=O)c1ccc(-c2ccc(CNC(=O)OC(C)(C)C)cc2)s1.CC(C)(C)CC(=O)c1ccc(Br)s1. The van der Waals surface area contributed by atoms with E-state index in [0.717, 1.165) is 50.4 Å². The van der Waals surface area contributed by atoms with Gasteiger partial charge >= 0.3 is 6.09 Å². The highest BCUT2D eigenvalue weighted by atomic mass is 79.9. The lowest BCUT2D eigenvalue weighted by Crippen LogP contribution is -2.32. The summed E-state index contributed by atoms with van der Waals surface area (Å²) in [5, 5.41) is 4.78. The molecular formula is C53H66Br2N2O5S4. The Balaban J connectivity index is 0.000000258. The predicted octanol–water partition coefficient (Wildman–Crippen LogP) is 17.2. The molecule has 0 bridgehead atoms. The number of alkyl carbamates (subject to hydrolysis) is 1. The van der Waals surface area contributed by atoms with E-state index in [1.807, 2.05) is 111 Å². The minimum Gasteiger partial charge on any atom is -0.444 e. The number of hydrogen-bond donors (Lipinski definition) is 2. The van der Waals surface area contributed by atoms with Gasteiger partial charge in [0.1, 0.15) is 5.60 Å². The summed E-state index contributed by atoms with van der Waals surface area (Å²) in [6, 6.07) is 31.8. The van der Waals surface area contributed by atoms with Crippen LogP contribution in [0.1, 0.15) is 142 Å². The zero-order chi connectivity index (χ0) is 49.5. The number of ketones is 3. The van der Waals surface area contributed by atoms with Crippen molar-refractivity contribution in [3.8, 4) is 20.9 Å². The highest BCUT2D eigenvalue weighted by molar-refractivity contribution is 9.11. The highest BCUT2D eigenvalue weighted by Crippen LogP contribution is 2.33. The molecular weight excluding hydrogens is 1030 g/mol. The summed E-state index contributed by atoms with van der Waals surface area (Å²) in [7, 11) is 0. The molecule has 6 aromatic rings. The lowest BCUT2D eigenvalue weighted by molar-refractivity contribution is 0.0523. The molecule has 13 heteroatoms. The van der Waals surface area contributed by atoms with E-state index < -0.39 is 11.7 Å². The number of carbonyl (C=O) groups is 4. The van der Waals surface area contributed by atoms with Crippen LogP contribution in [0.25, 0.3) is 20.9 Å². The molecule has 0 spiro atoms. The Labute approximate surface area is 426 Å². The Morgan fingerprint density at radius 1 is 0.530 bits per heavy atom. The van der Waals surface area contributed by atoms with Crippen LogP contribution in [-0.2, 0) is 17.8 Å². The van der Waals surface area contributed by atoms with Crippen LogP contribution in [0.4, 0.5) is 4.79 Å². The summed E-state index contributed by atoms with van der Waals surface area (Å²) in [4.78, 5) is 52.6. The highest BCUT2D eigenvalue weighted by Gasteiger charge is 2.21. The van der Waals surface area contributed by atoms with E-state index in [-0.39, 0.29) is 33.6 Å². The average Bonchev–Trinajstić information content (AvgIpc) is 4.05. The molecule has 0 atom stereocenters. The molecule has 66 heavy (non-hydrogen) atoms. The van der Waals surface area contributed by atoms with Gasteiger partial charge in [0.05, 0.1) is 22.2 Å². The first-order valence-corrected chi connectivity index (χ1v) is 26.6. The summed E-state index contributed by atoms with van der Waals surface area (Å²) < 4.78 is 7.45. The number of benzene rings is 2. The number of halogens is 2. The molecule has 0 saturated carbocycles. The number of nitrogens with two attached hydrogens (primary N) is 1. The number of hydrogen-bond acceptors (Lipinski definition) is 10. The van der Waals surface area contributed by atoms with Crippen molar-refractivity contribution in [3.63, 3.8) is 0 Å². The van der Waals surface area contributed by atoms with Crippen LogP contribution in [-0.4, -0.2) is 29.0 Å². The van der Waals surface area contributed by atoms with Crippen molar-refractivity contribution >= 4 is 101 Å². The molecule has 3 N–H and O–H groups in total. The van der Waals surface area contributed by atoms with Gasteiger partial charge in [0.15, 0.2) is 17.3 Å². The number of ether oxygens (including phenoxy) is 1. The maximum Gasteiger partial charge on any atom is 0.407 e. The molecule has 4 heterocycles. The molecule has 2 aromatic carbocycles. The maximum absolute atomic E-state index is 12.4. The molecule has 0 unspecified atom stereocenters. The number of thiophene rings is 4. The van der Waals surface area contributed by atoms with Crippen LogP contribution in [0.5, 0.6) is 0 Å². The van der Waals surface area contributed by atoms with Gasteiger partial charge in [-0.05, 0) is 139 Å².